The van der Waals surface area contributed by atoms with E-state index in [1.807, 2.05) is 0 Å². The van der Waals surface area contributed by atoms with Gasteiger partial charge in [0, 0.05) is 11.1 Å². The fourth-order valence-electron chi connectivity index (χ4n) is 3.12. The molecule has 10 heteroatoms. The molecular weight excluding hydrogens is 407 g/mol. The second kappa shape index (κ2) is 6.73. The Morgan fingerprint density at radius 2 is 1.66 bits per heavy atom. The molecule has 0 radical (unpaired) electrons. The predicted octanol–water partition coefficient (Wildman–Crippen LogP) is 3.57. The summed E-state index contributed by atoms with van der Waals surface area (Å²) >= 11 is 0. The smallest absolute Gasteiger partial charge is 0.306 e. The lowest BCUT2D eigenvalue weighted by Gasteiger charge is -2.12. The van der Waals surface area contributed by atoms with Crippen LogP contribution in [0.2, 0.25) is 0 Å². The number of fused-ring (bicyclic) bond motifs is 1. The van der Waals surface area contributed by atoms with Crippen LogP contribution in [0, 0.1) is 0 Å². The Bertz CT molecular complexity index is 1190. The van der Waals surface area contributed by atoms with Gasteiger partial charge in [0.2, 0.25) is 0 Å². The second-order valence-electron chi connectivity index (χ2n) is 6.58. The fraction of sp³-hybridized carbons (Fsp3) is 0.158. The van der Waals surface area contributed by atoms with Crippen LogP contribution in [-0.2, 0) is 27.5 Å². The summed E-state index contributed by atoms with van der Waals surface area (Å²) in [5.41, 5.74) is 0.483. The Balaban J connectivity index is 1.70. The van der Waals surface area contributed by atoms with E-state index in [1.54, 1.807) is 30.3 Å². The van der Waals surface area contributed by atoms with Gasteiger partial charge in [-0.1, -0.05) is 18.2 Å². The normalized spacial score (nSPS) is 15.1. The van der Waals surface area contributed by atoms with Gasteiger partial charge in [0.25, 0.3) is 5.91 Å². The van der Waals surface area contributed by atoms with Crippen LogP contribution in [0.3, 0.4) is 0 Å². The highest BCUT2D eigenvalue weighted by Gasteiger charge is 2.34. The summed E-state index contributed by atoms with van der Waals surface area (Å²) < 4.78 is 63.5. The molecular formula is C19H14F3N3O3S. The number of anilines is 1. The zero-order valence-electron chi connectivity index (χ0n) is 14.8. The van der Waals surface area contributed by atoms with E-state index < -0.39 is 27.5 Å². The monoisotopic (exact) mass is 421 g/mol. The average molecular weight is 421 g/mol. The number of nitrogens with zero attached hydrogens (tertiary/aromatic N) is 2. The fourth-order valence-corrected chi connectivity index (χ4v) is 4.61. The molecule has 0 aliphatic carbocycles. The zero-order valence-corrected chi connectivity index (χ0v) is 15.6. The maximum Gasteiger partial charge on any atom is 0.416 e. The molecule has 1 aliphatic heterocycles. The SMILES string of the molecule is O=C(Nc1c2c(nn1-c1ccccc1)CS(=O)(=O)C2)c1ccc(C(F)(F)F)cc1. The van der Waals surface area contributed by atoms with Crippen molar-refractivity contribution in [2.75, 3.05) is 5.32 Å². The van der Waals surface area contributed by atoms with Crippen molar-refractivity contribution in [2.45, 2.75) is 17.7 Å². The third-order valence-electron chi connectivity index (χ3n) is 4.49. The van der Waals surface area contributed by atoms with Gasteiger partial charge < -0.3 is 5.32 Å². The van der Waals surface area contributed by atoms with Crippen LogP contribution in [0.1, 0.15) is 27.2 Å². The Kier molecular flexibility index (Phi) is 4.45. The Hall–Kier alpha value is -3.14. The van der Waals surface area contributed by atoms with Crippen molar-refractivity contribution in [3.63, 3.8) is 0 Å². The zero-order chi connectivity index (χ0) is 20.8. The van der Waals surface area contributed by atoms with Crippen molar-refractivity contribution in [1.29, 1.82) is 0 Å². The number of hydrogen-bond donors (Lipinski definition) is 1. The molecule has 1 N–H and O–H groups in total. The maximum atomic E-state index is 12.7. The van der Waals surface area contributed by atoms with E-state index in [1.165, 1.54) is 4.68 Å². The molecule has 4 rings (SSSR count). The molecule has 0 unspecified atom stereocenters. The van der Waals surface area contributed by atoms with E-state index in [2.05, 4.69) is 10.4 Å². The number of alkyl halides is 3. The highest BCUT2D eigenvalue weighted by Crippen LogP contribution is 2.33. The third-order valence-corrected chi connectivity index (χ3v) is 5.94. The molecule has 3 aromatic rings. The molecule has 0 spiro atoms. The van der Waals surface area contributed by atoms with Crippen LogP contribution in [0.5, 0.6) is 0 Å². The molecule has 1 aliphatic rings. The van der Waals surface area contributed by atoms with Crippen LogP contribution < -0.4 is 5.32 Å². The minimum Gasteiger partial charge on any atom is -0.306 e. The van der Waals surface area contributed by atoms with E-state index in [4.69, 9.17) is 0 Å². The van der Waals surface area contributed by atoms with E-state index in [0.717, 1.165) is 24.3 Å². The number of amides is 1. The number of rotatable bonds is 3. The molecule has 0 saturated heterocycles. The van der Waals surface area contributed by atoms with Gasteiger partial charge in [0.15, 0.2) is 9.84 Å². The van der Waals surface area contributed by atoms with Gasteiger partial charge in [0.1, 0.15) is 5.82 Å². The summed E-state index contributed by atoms with van der Waals surface area (Å²) in [6, 6.07) is 12.6. The standard InChI is InChI=1S/C19H14F3N3O3S/c20-19(21,22)13-8-6-12(7-9-13)18(26)23-17-15-10-29(27,28)11-16(15)24-25(17)14-4-2-1-3-5-14/h1-9H,10-11H2,(H,23,26). The lowest BCUT2D eigenvalue weighted by molar-refractivity contribution is -0.137. The Morgan fingerprint density at radius 3 is 2.28 bits per heavy atom. The number of sulfone groups is 1. The summed E-state index contributed by atoms with van der Waals surface area (Å²) in [6.45, 7) is 0. The average Bonchev–Trinajstić information content (AvgIpc) is 3.14. The van der Waals surface area contributed by atoms with Crippen molar-refractivity contribution in [2.24, 2.45) is 0 Å². The van der Waals surface area contributed by atoms with E-state index in [0.29, 0.717) is 16.9 Å². The molecule has 150 valence electrons. The quantitative estimate of drug-likeness (QED) is 0.701. The van der Waals surface area contributed by atoms with Crippen molar-refractivity contribution in [3.05, 3.63) is 77.0 Å². The van der Waals surface area contributed by atoms with Crippen LogP contribution in [0.25, 0.3) is 5.69 Å². The largest absolute Gasteiger partial charge is 0.416 e. The van der Waals surface area contributed by atoms with Crippen LogP contribution in [-0.4, -0.2) is 24.1 Å². The van der Waals surface area contributed by atoms with E-state index in [9.17, 15) is 26.4 Å². The minimum absolute atomic E-state index is 0.00779. The van der Waals surface area contributed by atoms with Gasteiger partial charge in [-0.2, -0.15) is 18.3 Å². The molecule has 0 fully saturated rings. The molecule has 2 heterocycles. The van der Waals surface area contributed by atoms with Gasteiger partial charge in [-0.25, -0.2) is 13.1 Å². The number of aromatic nitrogens is 2. The summed E-state index contributed by atoms with van der Waals surface area (Å²) in [7, 11) is -3.36. The van der Waals surface area contributed by atoms with Crippen molar-refractivity contribution in [3.8, 4) is 5.69 Å². The first-order valence-electron chi connectivity index (χ1n) is 8.49. The van der Waals surface area contributed by atoms with Crippen LogP contribution in [0.4, 0.5) is 19.0 Å². The first-order valence-corrected chi connectivity index (χ1v) is 10.3. The van der Waals surface area contributed by atoms with Crippen molar-refractivity contribution >= 4 is 21.6 Å². The minimum atomic E-state index is -4.50. The molecule has 6 nitrogen and oxygen atoms in total. The topological polar surface area (TPSA) is 81.1 Å². The lowest BCUT2D eigenvalue weighted by Crippen LogP contribution is -2.17. The molecule has 0 saturated carbocycles. The summed E-state index contributed by atoms with van der Waals surface area (Å²) in [4.78, 5) is 12.6. The molecule has 0 bridgehead atoms. The number of hydrogen-bond acceptors (Lipinski definition) is 4. The van der Waals surface area contributed by atoms with Gasteiger partial charge in [0.05, 0.1) is 28.5 Å². The maximum absolute atomic E-state index is 12.7. The molecule has 2 aromatic carbocycles. The molecule has 29 heavy (non-hydrogen) atoms. The first kappa shape index (κ1) is 19.2. The van der Waals surface area contributed by atoms with Gasteiger partial charge >= 0.3 is 6.18 Å². The number of carbonyl (C=O) groups is 1. The van der Waals surface area contributed by atoms with E-state index in [-0.39, 0.29) is 22.9 Å². The number of nitrogens with one attached hydrogen (secondary N) is 1. The van der Waals surface area contributed by atoms with E-state index >= 15 is 0 Å². The number of benzene rings is 2. The van der Waals surface area contributed by atoms with Gasteiger partial charge in [-0.05, 0) is 36.4 Å². The van der Waals surface area contributed by atoms with Gasteiger partial charge in [-0.15, -0.1) is 0 Å². The van der Waals surface area contributed by atoms with Gasteiger partial charge in [-0.3, -0.25) is 4.79 Å². The predicted molar refractivity (Wildman–Crippen MR) is 99.3 cm³/mol. The summed E-state index contributed by atoms with van der Waals surface area (Å²) in [5, 5.41) is 6.94. The van der Waals surface area contributed by atoms with Crippen LogP contribution >= 0.6 is 0 Å². The second-order valence-corrected chi connectivity index (χ2v) is 8.65. The van der Waals surface area contributed by atoms with Crippen molar-refractivity contribution in [1.82, 2.24) is 9.78 Å². The summed E-state index contributed by atoms with van der Waals surface area (Å²) in [5.74, 6) is -0.969. The number of para-hydroxylation sites is 1. The summed E-state index contributed by atoms with van der Waals surface area (Å²) in [6.07, 6.45) is -4.50. The van der Waals surface area contributed by atoms with Crippen LogP contribution in [0.15, 0.2) is 54.6 Å². The number of halogens is 3. The lowest BCUT2D eigenvalue weighted by atomic mass is 10.1. The highest BCUT2D eigenvalue weighted by atomic mass is 32.2. The number of carbonyl (C=O) groups excluding carboxylic acids is 1. The molecule has 0 atom stereocenters. The highest BCUT2D eigenvalue weighted by molar-refractivity contribution is 7.90. The third kappa shape index (κ3) is 3.75. The Morgan fingerprint density at radius 1 is 1.00 bits per heavy atom. The Labute approximate surface area is 163 Å². The molecule has 1 amide bonds. The molecule has 1 aromatic heterocycles. The first-order chi connectivity index (χ1) is 13.6. The van der Waals surface area contributed by atoms with Crippen molar-refractivity contribution < 1.29 is 26.4 Å².